The molecule has 2 saturated carbocycles. The molecule has 0 aromatic rings. The predicted octanol–water partition coefficient (Wildman–Crippen LogP) is 0.208. The lowest BCUT2D eigenvalue weighted by Crippen LogP contribution is -2.51. The number of amides is 3. The van der Waals surface area contributed by atoms with Crippen molar-refractivity contribution >= 4 is 17.9 Å². The van der Waals surface area contributed by atoms with E-state index in [0.29, 0.717) is 12.8 Å². The number of carboxylic acid groups (broad SMARTS) is 1. The topological polar surface area (TPSA) is 108 Å². The third-order valence-electron chi connectivity index (χ3n) is 4.10. The van der Waals surface area contributed by atoms with Gasteiger partial charge in [0.05, 0.1) is 12.0 Å². The number of carboxylic acids is 1. The molecule has 2 rings (SSSR count). The van der Waals surface area contributed by atoms with Crippen molar-refractivity contribution in [1.82, 2.24) is 16.0 Å². The van der Waals surface area contributed by atoms with Gasteiger partial charge in [-0.15, -0.1) is 0 Å². The number of carbonyl (C=O) groups is 3. The third-order valence-corrected chi connectivity index (χ3v) is 4.10. The van der Waals surface area contributed by atoms with Crippen LogP contribution in [0.2, 0.25) is 0 Å². The van der Waals surface area contributed by atoms with Gasteiger partial charge in [0, 0.05) is 12.1 Å². The minimum absolute atomic E-state index is 0.0845. The Morgan fingerprint density at radius 3 is 2.50 bits per heavy atom. The smallest absolute Gasteiger partial charge is 0.315 e. The molecular formula is C13H21N3O4. The van der Waals surface area contributed by atoms with E-state index in [2.05, 4.69) is 16.0 Å². The van der Waals surface area contributed by atoms with Gasteiger partial charge in [0.25, 0.3) is 0 Å². The SMILES string of the molecule is CC1(C(=O)O)CCCC1NC(=O)NCC(=O)NC1CC1. The zero-order valence-corrected chi connectivity index (χ0v) is 11.6. The number of carbonyl (C=O) groups excluding carboxylic acids is 2. The lowest BCUT2D eigenvalue weighted by molar-refractivity contribution is -0.148. The van der Waals surface area contributed by atoms with Crippen molar-refractivity contribution in [3.05, 3.63) is 0 Å². The van der Waals surface area contributed by atoms with Crippen molar-refractivity contribution in [2.75, 3.05) is 6.54 Å². The molecule has 0 heterocycles. The van der Waals surface area contributed by atoms with Gasteiger partial charge in [-0.3, -0.25) is 9.59 Å². The van der Waals surface area contributed by atoms with Gasteiger partial charge in [0.15, 0.2) is 0 Å². The van der Waals surface area contributed by atoms with Crippen LogP contribution in [-0.2, 0) is 9.59 Å². The average Bonchev–Trinajstić information content (AvgIpc) is 3.11. The first kappa shape index (κ1) is 14.6. The van der Waals surface area contributed by atoms with E-state index in [-0.39, 0.29) is 18.5 Å². The van der Waals surface area contributed by atoms with Gasteiger partial charge >= 0.3 is 12.0 Å². The molecule has 7 nitrogen and oxygen atoms in total. The second-order valence-electron chi connectivity index (χ2n) is 5.84. The Morgan fingerprint density at radius 1 is 1.20 bits per heavy atom. The molecule has 3 amide bonds. The van der Waals surface area contributed by atoms with E-state index in [9.17, 15) is 19.5 Å². The summed E-state index contributed by atoms with van der Waals surface area (Å²) in [6.07, 6.45) is 3.96. The van der Waals surface area contributed by atoms with Gasteiger partial charge in [0.2, 0.25) is 5.91 Å². The Hall–Kier alpha value is -1.79. The highest BCUT2D eigenvalue weighted by Gasteiger charge is 2.45. The molecule has 112 valence electrons. The first-order valence-corrected chi connectivity index (χ1v) is 6.99. The molecule has 2 aliphatic rings. The highest BCUT2D eigenvalue weighted by atomic mass is 16.4. The molecule has 7 heteroatoms. The van der Waals surface area contributed by atoms with Crippen LogP contribution in [0.5, 0.6) is 0 Å². The summed E-state index contributed by atoms with van der Waals surface area (Å²) >= 11 is 0. The molecule has 0 radical (unpaired) electrons. The monoisotopic (exact) mass is 283 g/mol. The number of nitrogens with one attached hydrogen (secondary N) is 3. The van der Waals surface area contributed by atoms with Crippen molar-refractivity contribution in [1.29, 1.82) is 0 Å². The Kier molecular flexibility index (Phi) is 4.15. The number of aliphatic carboxylic acids is 1. The Balaban J connectivity index is 1.75. The fourth-order valence-corrected chi connectivity index (χ4v) is 2.53. The molecule has 2 aliphatic carbocycles. The van der Waals surface area contributed by atoms with Gasteiger partial charge in [-0.1, -0.05) is 6.42 Å². The molecule has 0 bridgehead atoms. The third kappa shape index (κ3) is 3.40. The summed E-state index contributed by atoms with van der Waals surface area (Å²) in [4.78, 5) is 34.4. The van der Waals surface area contributed by atoms with Crippen LogP contribution in [0.1, 0.15) is 39.0 Å². The second kappa shape index (κ2) is 5.68. The summed E-state index contributed by atoms with van der Waals surface area (Å²) in [5, 5.41) is 17.1. The largest absolute Gasteiger partial charge is 0.481 e. The van der Waals surface area contributed by atoms with E-state index >= 15 is 0 Å². The molecule has 0 aliphatic heterocycles. The standard InChI is InChI=1S/C13H21N3O4/c1-13(11(18)19)6-2-3-9(13)16-12(20)14-7-10(17)15-8-4-5-8/h8-9H,2-7H2,1H3,(H,15,17)(H,18,19)(H2,14,16,20). The van der Waals surface area contributed by atoms with Gasteiger partial charge in [-0.2, -0.15) is 0 Å². The zero-order chi connectivity index (χ0) is 14.8. The number of hydrogen-bond donors (Lipinski definition) is 4. The molecule has 4 N–H and O–H groups in total. The number of urea groups is 1. The van der Waals surface area contributed by atoms with Crippen LogP contribution >= 0.6 is 0 Å². The molecule has 0 saturated heterocycles. The maximum Gasteiger partial charge on any atom is 0.315 e. The zero-order valence-electron chi connectivity index (χ0n) is 11.6. The fraction of sp³-hybridized carbons (Fsp3) is 0.769. The summed E-state index contributed by atoms with van der Waals surface area (Å²) in [7, 11) is 0. The van der Waals surface area contributed by atoms with Crippen molar-refractivity contribution in [3.63, 3.8) is 0 Å². The highest BCUT2D eigenvalue weighted by Crippen LogP contribution is 2.38. The molecule has 2 atom stereocenters. The van der Waals surface area contributed by atoms with Crippen molar-refractivity contribution < 1.29 is 19.5 Å². The maximum absolute atomic E-state index is 11.7. The van der Waals surface area contributed by atoms with Crippen LogP contribution in [-0.4, -0.2) is 41.6 Å². The maximum atomic E-state index is 11.7. The first-order chi connectivity index (χ1) is 9.41. The molecule has 0 aromatic carbocycles. The van der Waals surface area contributed by atoms with Crippen LogP contribution in [0, 0.1) is 5.41 Å². The summed E-state index contributed by atoms with van der Waals surface area (Å²) in [5.74, 6) is -1.11. The Morgan fingerprint density at radius 2 is 1.90 bits per heavy atom. The summed E-state index contributed by atoms with van der Waals surface area (Å²) in [6, 6.07) is -0.626. The van der Waals surface area contributed by atoms with Gasteiger partial charge < -0.3 is 21.1 Å². The van der Waals surface area contributed by atoms with Gasteiger partial charge in [0.1, 0.15) is 0 Å². The minimum atomic E-state index is -0.923. The molecular weight excluding hydrogens is 262 g/mol. The van der Waals surface area contributed by atoms with Gasteiger partial charge in [-0.05, 0) is 32.6 Å². The van der Waals surface area contributed by atoms with Crippen LogP contribution in [0.25, 0.3) is 0 Å². The van der Waals surface area contributed by atoms with Crippen molar-refractivity contribution in [2.24, 2.45) is 5.41 Å². The molecule has 2 unspecified atom stereocenters. The van der Waals surface area contributed by atoms with Crippen LogP contribution in [0.15, 0.2) is 0 Å². The Labute approximate surface area is 117 Å². The average molecular weight is 283 g/mol. The minimum Gasteiger partial charge on any atom is -0.481 e. The van der Waals surface area contributed by atoms with E-state index in [0.717, 1.165) is 19.3 Å². The van der Waals surface area contributed by atoms with Gasteiger partial charge in [-0.25, -0.2) is 4.79 Å². The van der Waals surface area contributed by atoms with Crippen LogP contribution in [0.3, 0.4) is 0 Å². The predicted molar refractivity (Wildman–Crippen MR) is 71.1 cm³/mol. The molecule has 20 heavy (non-hydrogen) atoms. The number of rotatable bonds is 5. The van der Waals surface area contributed by atoms with Crippen LogP contribution in [0.4, 0.5) is 4.79 Å². The second-order valence-corrected chi connectivity index (χ2v) is 5.84. The van der Waals surface area contributed by atoms with Crippen molar-refractivity contribution in [2.45, 2.75) is 51.1 Å². The lowest BCUT2D eigenvalue weighted by Gasteiger charge is -2.27. The summed E-state index contributed by atoms with van der Waals surface area (Å²) in [5.41, 5.74) is -0.923. The summed E-state index contributed by atoms with van der Waals surface area (Å²) < 4.78 is 0. The van der Waals surface area contributed by atoms with E-state index in [4.69, 9.17) is 0 Å². The highest BCUT2D eigenvalue weighted by molar-refractivity contribution is 5.85. The van der Waals surface area contributed by atoms with E-state index in [1.165, 1.54) is 0 Å². The van der Waals surface area contributed by atoms with E-state index in [1.807, 2.05) is 0 Å². The fourth-order valence-electron chi connectivity index (χ4n) is 2.53. The Bertz CT molecular complexity index is 422. The van der Waals surface area contributed by atoms with E-state index < -0.39 is 23.5 Å². The summed E-state index contributed by atoms with van der Waals surface area (Å²) in [6.45, 7) is 1.56. The van der Waals surface area contributed by atoms with Crippen LogP contribution < -0.4 is 16.0 Å². The first-order valence-electron chi connectivity index (χ1n) is 6.99. The molecule has 0 spiro atoms. The quantitative estimate of drug-likeness (QED) is 0.578. The molecule has 0 aromatic heterocycles. The lowest BCUT2D eigenvalue weighted by atomic mass is 9.85. The normalized spacial score (nSPS) is 28.8. The molecule has 2 fully saturated rings. The number of hydrogen-bond acceptors (Lipinski definition) is 3. The van der Waals surface area contributed by atoms with Crippen molar-refractivity contribution in [3.8, 4) is 0 Å². The van der Waals surface area contributed by atoms with E-state index in [1.54, 1.807) is 6.92 Å².